The van der Waals surface area contributed by atoms with Crippen molar-refractivity contribution in [1.82, 2.24) is 18.7 Å². The summed E-state index contributed by atoms with van der Waals surface area (Å²) >= 11 is 0. The van der Waals surface area contributed by atoms with Crippen LogP contribution in [-0.4, -0.2) is 18.7 Å². The van der Waals surface area contributed by atoms with E-state index in [1.165, 1.54) is 11.6 Å². The Kier molecular flexibility index (Phi) is 3.43. The molecule has 0 bridgehead atoms. The topological polar surface area (TPSA) is 99.9 Å². The molecule has 19 heavy (non-hydrogen) atoms. The molecule has 0 aliphatic rings. The molecule has 2 rings (SSSR count). The molecular weight excluding hydrogens is 248 g/mol. The van der Waals surface area contributed by atoms with E-state index in [4.69, 9.17) is 5.84 Å². The Balaban J connectivity index is 2.87. The van der Waals surface area contributed by atoms with Gasteiger partial charge in [0.2, 0.25) is 5.95 Å². The molecule has 8 nitrogen and oxygen atoms in total. The van der Waals surface area contributed by atoms with Crippen molar-refractivity contribution in [3.63, 3.8) is 0 Å². The fourth-order valence-electron chi connectivity index (χ4n) is 2.08. The van der Waals surface area contributed by atoms with Gasteiger partial charge in [0.15, 0.2) is 11.2 Å². The zero-order valence-corrected chi connectivity index (χ0v) is 11.3. The van der Waals surface area contributed by atoms with Crippen molar-refractivity contribution in [3.8, 4) is 0 Å². The van der Waals surface area contributed by atoms with Crippen LogP contribution in [0.1, 0.15) is 19.8 Å². The monoisotopic (exact) mass is 266 g/mol. The van der Waals surface area contributed by atoms with Gasteiger partial charge in [-0.2, -0.15) is 4.98 Å². The van der Waals surface area contributed by atoms with Gasteiger partial charge in [-0.15, -0.1) is 0 Å². The Morgan fingerprint density at radius 3 is 2.53 bits per heavy atom. The lowest BCUT2D eigenvalue weighted by molar-refractivity contribution is 0.583. The molecule has 0 saturated heterocycles. The maximum atomic E-state index is 12.1. The summed E-state index contributed by atoms with van der Waals surface area (Å²) in [6, 6.07) is 0. The highest BCUT2D eigenvalue weighted by molar-refractivity contribution is 5.74. The quantitative estimate of drug-likeness (QED) is 0.575. The van der Waals surface area contributed by atoms with Gasteiger partial charge in [-0.05, 0) is 6.42 Å². The third-order valence-corrected chi connectivity index (χ3v) is 3.22. The second kappa shape index (κ2) is 4.88. The van der Waals surface area contributed by atoms with Crippen molar-refractivity contribution < 1.29 is 0 Å². The molecule has 0 aliphatic heterocycles. The predicted molar refractivity (Wildman–Crippen MR) is 72.9 cm³/mol. The van der Waals surface area contributed by atoms with E-state index in [1.807, 2.05) is 6.92 Å². The maximum absolute atomic E-state index is 12.1. The first-order chi connectivity index (χ1) is 9.02. The average molecular weight is 266 g/mol. The minimum Gasteiger partial charge on any atom is -0.306 e. The number of imidazole rings is 1. The summed E-state index contributed by atoms with van der Waals surface area (Å²) in [6.07, 6.45) is 1.79. The lowest BCUT2D eigenvalue weighted by Crippen LogP contribution is -2.38. The van der Waals surface area contributed by atoms with E-state index in [0.717, 1.165) is 17.4 Å². The van der Waals surface area contributed by atoms with Crippen molar-refractivity contribution in [2.45, 2.75) is 26.3 Å². The minimum absolute atomic E-state index is 0.350. The molecule has 0 unspecified atom stereocenters. The number of fused-ring (bicyclic) bond motifs is 1. The highest BCUT2D eigenvalue weighted by Gasteiger charge is 2.17. The van der Waals surface area contributed by atoms with Gasteiger partial charge in [0.05, 0.1) is 0 Å². The molecule has 0 amide bonds. The number of nitrogens with zero attached hydrogens (tertiary/aromatic N) is 4. The number of hydrogen-bond acceptors (Lipinski definition) is 5. The summed E-state index contributed by atoms with van der Waals surface area (Å²) in [5, 5.41) is 0. The second-order valence-electron chi connectivity index (χ2n) is 4.46. The van der Waals surface area contributed by atoms with E-state index in [9.17, 15) is 9.59 Å². The SMILES string of the molecule is CCCCn1c(=O)n(C)c(=O)c2c1nc(NN)n2C. The first-order valence-corrected chi connectivity index (χ1v) is 6.15. The van der Waals surface area contributed by atoms with E-state index < -0.39 is 0 Å². The first kappa shape index (κ1) is 13.3. The number of nitrogens with one attached hydrogen (secondary N) is 1. The number of nitrogens with two attached hydrogens (primary N) is 1. The van der Waals surface area contributed by atoms with Gasteiger partial charge in [-0.3, -0.25) is 19.4 Å². The van der Waals surface area contributed by atoms with Crippen LogP contribution in [0.5, 0.6) is 0 Å². The normalized spacial score (nSPS) is 11.2. The Labute approximate surface area is 109 Å². The van der Waals surface area contributed by atoms with Crippen LogP contribution < -0.4 is 22.5 Å². The van der Waals surface area contributed by atoms with Gasteiger partial charge in [0.25, 0.3) is 5.56 Å². The van der Waals surface area contributed by atoms with Gasteiger partial charge in [-0.25, -0.2) is 10.6 Å². The molecule has 2 heterocycles. The summed E-state index contributed by atoms with van der Waals surface area (Å²) in [5.74, 6) is 5.71. The molecule has 104 valence electrons. The molecule has 0 radical (unpaired) electrons. The van der Waals surface area contributed by atoms with E-state index >= 15 is 0 Å². The van der Waals surface area contributed by atoms with Gasteiger partial charge >= 0.3 is 5.69 Å². The van der Waals surface area contributed by atoms with Crippen molar-refractivity contribution in [3.05, 3.63) is 20.8 Å². The molecule has 2 aromatic rings. The molecule has 0 saturated carbocycles. The number of rotatable bonds is 4. The Bertz CT molecular complexity index is 723. The summed E-state index contributed by atoms with van der Waals surface area (Å²) in [4.78, 5) is 28.5. The Morgan fingerprint density at radius 1 is 1.26 bits per heavy atom. The Hall–Kier alpha value is -2.09. The fourth-order valence-corrected chi connectivity index (χ4v) is 2.08. The van der Waals surface area contributed by atoms with Crippen LogP contribution in [0.25, 0.3) is 11.2 Å². The lowest BCUT2D eigenvalue weighted by atomic mass is 10.3. The van der Waals surface area contributed by atoms with Crippen molar-refractivity contribution >= 4 is 17.1 Å². The van der Waals surface area contributed by atoms with Crippen LogP contribution in [0.2, 0.25) is 0 Å². The molecule has 0 fully saturated rings. The fraction of sp³-hybridized carbons (Fsp3) is 0.545. The van der Waals surface area contributed by atoms with Crippen LogP contribution >= 0.6 is 0 Å². The van der Waals surface area contributed by atoms with E-state index in [2.05, 4.69) is 10.4 Å². The minimum atomic E-state index is -0.371. The van der Waals surface area contributed by atoms with E-state index in [0.29, 0.717) is 23.7 Å². The second-order valence-corrected chi connectivity index (χ2v) is 4.46. The number of hydrazine groups is 1. The standard InChI is InChI=1S/C11H18N6O2/c1-4-5-6-17-8-7(9(18)16(3)11(17)19)15(2)10(13-8)14-12/h4-6,12H2,1-3H3,(H,13,14). The number of aromatic nitrogens is 4. The smallest absolute Gasteiger partial charge is 0.306 e. The number of unbranched alkanes of at least 4 members (excludes halogenated alkanes) is 1. The molecule has 0 aromatic carbocycles. The van der Waals surface area contributed by atoms with E-state index in [-0.39, 0.29) is 11.2 Å². The third kappa shape index (κ3) is 1.93. The summed E-state index contributed by atoms with van der Waals surface area (Å²) < 4.78 is 4.17. The zero-order chi connectivity index (χ0) is 14.2. The molecule has 3 N–H and O–H groups in total. The van der Waals surface area contributed by atoms with Gasteiger partial charge in [0, 0.05) is 20.6 Å². The number of aryl methyl sites for hydroxylation is 2. The Morgan fingerprint density at radius 2 is 1.95 bits per heavy atom. The number of hydrogen-bond donors (Lipinski definition) is 2. The maximum Gasteiger partial charge on any atom is 0.332 e. The molecule has 0 aliphatic carbocycles. The lowest BCUT2D eigenvalue weighted by Gasteiger charge is -2.08. The molecule has 2 aromatic heterocycles. The summed E-state index contributed by atoms with van der Waals surface area (Å²) in [6.45, 7) is 2.57. The molecule has 8 heteroatoms. The van der Waals surface area contributed by atoms with Gasteiger partial charge < -0.3 is 4.57 Å². The van der Waals surface area contributed by atoms with Gasteiger partial charge in [0.1, 0.15) is 0 Å². The van der Waals surface area contributed by atoms with E-state index in [1.54, 1.807) is 11.6 Å². The predicted octanol–water partition coefficient (Wildman–Crippen LogP) is -0.481. The van der Waals surface area contributed by atoms with Crippen molar-refractivity contribution in [1.29, 1.82) is 0 Å². The van der Waals surface area contributed by atoms with Crippen LogP contribution in [0.4, 0.5) is 5.95 Å². The van der Waals surface area contributed by atoms with Crippen molar-refractivity contribution in [2.75, 3.05) is 5.43 Å². The third-order valence-electron chi connectivity index (χ3n) is 3.22. The number of nitrogen functional groups attached to an aromatic ring is 1. The molecule has 0 spiro atoms. The average Bonchev–Trinajstić information content (AvgIpc) is 2.73. The number of anilines is 1. The first-order valence-electron chi connectivity index (χ1n) is 6.15. The molecular formula is C11H18N6O2. The van der Waals surface area contributed by atoms with Crippen LogP contribution in [-0.2, 0) is 20.6 Å². The van der Waals surface area contributed by atoms with Crippen LogP contribution in [0, 0.1) is 0 Å². The zero-order valence-electron chi connectivity index (χ0n) is 11.3. The van der Waals surface area contributed by atoms with Crippen LogP contribution in [0.3, 0.4) is 0 Å². The largest absolute Gasteiger partial charge is 0.332 e. The van der Waals surface area contributed by atoms with Crippen molar-refractivity contribution in [2.24, 2.45) is 19.9 Å². The molecule has 0 atom stereocenters. The highest BCUT2D eigenvalue weighted by Crippen LogP contribution is 2.13. The van der Waals surface area contributed by atoms with Crippen LogP contribution in [0.15, 0.2) is 9.59 Å². The summed E-state index contributed by atoms with van der Waals surface area (Å²) in [5.41, 5.74) is 2.44. The summed E-state index contributed by atoms with van der Waals surface area (Å²) in [7, 11) is 3.15. The van der Waals surface area contributed by atoms with Gasteiger partial charge in [-0.1, -0.05) is 13.3 Å². The highest BCUT2D eigenvalue weighted by atomic mass is 16.2.